The lowest BCUT2D eigenvalue weighted by atomic mass is 9.85. The standard InChI is InChI=1S/C18H23ClN4O/c1-23-11-13(17(22-23)12-5-3-2-4-6-12)10-21-14-7-8-15(18(20)24)16(19)9-14/h7-9,11-12,21H,2-6,10H2,1H3,(H2,20,24). The molecule has 1 aliphatic rings. The summed E-state index contributed by atoms with van der Waals surface area (Å²) in [7, 11) is 1.97. The third-order valence-electron chi connectivity index (χ3n) is 4.65. The van der Waals surface area contributed by atoms with Gasteiger partial charge in [-0.1, -0.05) is 30.9 Å². The maximum Gasteiger partial charge on any atom is 0.250 e. The van der Waals surface area contributed by atoms with Crippen LogP contribution < -0.4 is 11.1 Å². The van der Waals surface area contributed by atoms with Crippen LogP contribution in [-0.2, 0) is 13.6 Å². The summed E-state index contributed by atoms with van der Waals surface area (Å²) in [4.78, 5) is 11.2. The van der Waals surface area contributed by atoms with Crippen molar-refractivity contribution in [2.24, 2.45) is 12.8 Å². The Kier molecular flexibility index (Phi) is 5.09. The molecule has 6 heteroatoms. The summed E-state index contributed by atoms with van der Waals surface area (Å²) in [5, 5.41) is 8.43. The van der Waals surface area contributed by atoms with Crippen LogP contribution in [0.15, 0.2) is 24.4 Å². The normalized spacial score (nSPS) is 15.4. The summed E-state index contributed by atoms with van der Waals surface area (Å²) < 4.78 is 1.89. The maximum atomic E-state index is 11.2. The third-order valence-corrected chi connectivity index (χ3v) is 4.96. The van der Waals surface area contributed by atoms with Gasteiger partial charge in [0.25, 0.3) is 0 Å². The molecule has 3 N–H and O–H groups in total. The van der Waals surface area contributed by atoms with Gasteiger partial charge in [0, 0.05) is 37.0 Å². The van der Waals surface area contributed by atoms with E-state index < -0.39 is 5.91 Å². The van der Waals surface area contributed by atoms with Crippen molar-refractivity contribution in [2.45, 2.75) is 44.6 Å². The molecule has 2 aromatic rings. The molecule has 1 aliphatic carbocycles. The van der Waals surface area contributed by atoms with Crippen molar-refractivity contribution in [1.82, 2.24) is 9.78 Å². The largest absolute Gasteiger partial charge is 0.381 e. The molecule has 0 bridgehead atoms. The number of carbonyl (C=O) groups is 1. The first-order valence-electron chi connectivity index (χ1n) is 8.40. The second-order valence-corrected chi connectivity index (χ2v) is 6.87. The number of anilines is 1. The summed E-state index contributed by atoms with van der Waals surface area (Å²) in [5.74, 6) is 0.0518. The van der Waals surface area contributed by atoms with Crippen LogP contribution in [0.2, 0.25) is 5.02 Å². The molecule has 0 aliphatic heterocycles. The minimum atomic E-state index is -0.515. The molecule has 0 unspecified atom stereocenters. The lowest BCUT2D eigenvalue weighted by Gasteiger charge is -2.21. The molecular formula is C18H23ClN4O. The number of nitrogens with one attached hydrogen (secondary N) is 1. The van der Waals surface area contributed by atoms with Crippen molar-refractivity contribution in [3.63, 3.8) is 0 Å². The van der Waals surface area contributed by atoms with Crippen LogP contribution in [0.3, 0.4) is 0 Å². The molecule has 24 heavy (non-hydrogen) atoms. The molecule has 0 saturated heterocycles. The highest BCUT2D eigenvalue weighted by atomic mass is 35.5. The maximum absolute atomic E-state index is 11.2. The number of halogens is 1. The molecule has 1 fully saturated rings. The predicted molar refractivity (Wildman–Crippen MR) is 96.3 cm³/mol. The molecule has 1 aromatic heterocycles. The van der Waals surface area contributed by atoms with Crippen LogP contribution in [0.5, 0.6) is 0 Å². The number of hydrogen-bond donors (Lipinski definition) is 2. The second-order valence-electron chi connectivity index (χ2n) is 6.46. The van der Waals surface area contributed by atoms with Gasteiger partial charge in [-0.05, 0) is 31.0 Å². The van der Waals surface area contributed by atoms with Gasteiger partial charge in [0.15, 0.2) is 0 Å². The molecule has 1 aromatic carbocycles. The minimum Gasteiger partial charge on any atom is -0.381 e. The van der Waals surface area contributed by atoms with E-state index in [9.17, 15) is 4.79 Å². The fourth-order valence-electron chi connectivity index (χ4n) is 3.43. The van der Waals surface area contributed by atoms with Crippen LogP contribution in [0.25, 0.3) is 0 Å². The first-order chi connectivity index (χ1) is 11.5. The first kappa shape index (κ1) is 16.8. The smallest absolute Gasteiger partial charge is 0.250 e. The van der Waals surface area contributed by atoms with Crippen LogP contribution in [-0.4, -0.2) is 15.7 Å². The van der Waals surface area contributed by atoms with Crippen molar-refractivity contribution in [1.29, 1.82) is 0 Å². The summed E-state index contributed by atoms with van der Waals surface area (Å²) in [6.07, 6.45) is 8.45. The Bertz CT molecular complexity index is 735. The molecule has 0 spiro atoms. The highest BCUT2D eigenvalue weighted by molar-refractivity contribution is 6.34. The van der Waals surface area contributed by atoms with Crippen molar-refractivity contribution < 1.29 is 4.79 Å². The Hall–Kier alpha value is -2.01. The number of nitrogens with two attached hydrogens (primary N) is 1. The lowest BCUT2D eigenvalue weighted by molar-refractivity contribution is 0.100. The highest BCUT2D eigenvalue weighted by Crippen LogP contribution is 2.33. The fourth-order valence-corrected chi connectivity index (χ4v) is 3.71. The molecule has 5 nitrogen and oxygen atoms in total. The number of rotatable bonds is 5. The van der Waals surface area contributed by atoms with Crippen molar-refractivity contribution in [3.8, 4) is 0 Å². The van der Waals surface area contributed by atoms with Gasteiger partial charge in [0.05, 0.1) is 16.3 Å². The molecule has 1 amide bonds. The van der Waals surface area contributed by atoms with Crippen LogP contribution in [0.4, 0.5) is 5.69 Å². The molecular weight excluding hydrogens is 324 g/mol. The van der Waals surface area contributed by atoms with Gasteiger partial charge in [-0.15, -0.1) is 0 Å². The van der Waals surface area contributed by atoms with Crippen molar-refractivity contribution >= 4 is 23.2 Å². The number of aryl methyl sites for hydroxylation is 1. The summed E-state index contributed by atoms with van der Waals surface area (Å²) in [5.41, 5.74) is 8.92. The number of primary amides is 1. The van der Waals surface area contributed by atoms with E-state index >= 15 is 0 Å². The zero-order chi connectivity index (χ0) is 17.1. The minimum absolute atomic E-state index is 0.339. The Morgan fingerprint density at radius 2 is 2.12 bits per heavy atom. The molecule has 128 valence electrons. The molecule has 0 radical (unpaired) electrons. The summed E-state index contributed by atoms with van der Waals surface area (Å²) in [6.45, 7) is 0.686. The third kappa shape index (κ3) is 3.73. The van der Waals surface area contributed by atoms with E-state index in [2.05, 4.69) is 11.5 Å². The average Bonchev–Trinajstić information content (AvgIpc) is 2.94. The van der Waals surface area contributed by atoms with Gasteiger partial charge in [0.2, 0.25) is 5.91 Å². The van der Waals surface area contributed by atoms with E-state index in [1.54, 1.807) is 12.1 Å². The summed E-state index contributed by atoms with van der Waals surface area (Å²) >= 11 is 6.11. The quantitative estimate of drug-likeness (QED) is 0.864. The Morgan fingerprint density at radius 1 is 1.38 bits per heavy atom. The zero-order valence-electron chi connectivity index (χ0n) is 13.9. The van der Waals surface area contributed by atoms with E-state index in [0.717, 1.165) is 5.69 Å². The number of amides is 1. The van der Waals surface area contributed by atoms with E-state index in [-0.39, 0.29) is 0 Å². The Labute approximate surface area is 147 Å². The second kappa shape index (κ2) is 7.26. The van der Waals surface area contributed by atoms with E-state index in [0.29, 0.717) is 23.0 Å². The van der Waals surface area contributed by atoms with E-state index in [1.807, 2.05) is 17.8 Å². The Balaban J connectivity index is 1.72. The van der Waals surface area contributed by atoms with Gasteiger partial charge in [-0.2, -0.15) is 5.10 Å². The van der Waals surface area contributed by atoms with Crippen molar-refractivity contribution in [2.75, 3.05) is 5.32 Å². The first-order valence-corrected chi connectivity index (χ1v) is 8.78. The van der Waals surface area contributed by atoms with Crippen LogP contribution in [0, 0.1) is 0 Å². The lowest BCUT2D eigenvalue weighted by Crippen LogP contribution is -2.12. The molecule has 1 heterocycles. The Morgan fingerprint density at radius 3 is 2.79 bits per heavy atom. The number of nitrogens with zero attached hydrogens (tertiary/aromatic N) is 2. The zero-order valence-corrected chi connectivity index (χ0v) is 14.6. The molecule has 0 atom stereocenters. The van der Waals surface area contributed by atoms with Gasteiger partial charge in [0.1, 0.15) is 0 Å². The average molecular weight is 347 g/mol. The van der Waals surface area contributed by atoms with Crippen LogP contribution in [0.1, 0.15) is 59.6 Å². The number of aromatic nitrogens is 2. The number of benzene rings is 1. The van der Waals surface area contributed by atoms with Crippen molar-refractivity contribution in [3.05, 3.63) is 46.2 Å². The number of hydrogen-bond acceptors (Lipinski definition) is 3. The monoisotopic (exact) mass is 346 g/mol. The van der Waals surface area contributed by atoms with Gasteiger partial charge < -0.3 is 11.1 Å². The predicted octanol–water partition coefficient (Wildman–Crippen LogP) is 3.83. The van der Waals surface area contributed by atoms with Gasteiger partial charge in [-0.3, -0.25) is 9.48 Å². The van der Waals surface area contributed by atoms with Gasteiger partial charge in [-0.25, -0.2) is 0 Å². The SMILES string of the molecule is Cn1cc(CNc2ccc(C(N)=O)c(Cl)c2)c(C2CCCCC2)n1. The van der Waals surface area contributed by atoms with E-state index in [4.69, 9.17) is 22.4 Å². The topological polar surface area (TPSA) is 72.9 Å². The summed E-state index contributed by atoms with van der Waals surface area (Å²) in [6, 6.07) is 5.21. The highest BCUT2D eigenvalue weighted by Gasteiger charge is 2.21. The van der Waals surface area contributed by atoms with Crippen LogP contribution >= 0.6 is 11.6 Å². The molecule has 1 saturated carbocycles. The van der Waals surface area contributed by atoms with Gasteiger partial charge >= 0.3 is 0 Å². The molecule has 3 rings (SSSR count). The fraction of sp³-hybridized carbons (Fsp3) is 0.444. The number of carbonyl (C=O) groups excluding carboxylic acids is 1. The van der Waals surface area contributed by atoms with E-state index in [1.165, 1.54) is 43.4 Å².